The lowest BCUT2D eigenvalue weighted by Gasteiger charge is -2.61. The van der Waals surface area contributed by atoms with Crippen molar-refractivity contribution in [3.05, 3.63) is 76.6 Å². The molecule has 2 N–H and O–H groups in total. The summed E-state index contributed by atoms with van der Waals surface area (Å²) in [6, 6.07) is 11.0. The van der Waals surface area contributed by atoms with Crippen LogP contribution in [0.1, 0.15) is 59.8 Å². The van der Waals surface area contributed by atoms with Gasteiger partial charge in [0.1, 0.15) is 17.4 Å². The highest BCUT2D eigenvalue weighted by molar-refractivity contribution is 5.88. The SMILES string of the molecule is CC(=O)O[C@@H](C(=O)O[C@H](C(=O)O)c1ccccc1)[C@@H](C)C(=O)OC1=CC[C@@]2(O)[C@H]3Cc4ccc(C=O)c5c4[C@@]2(CCN3C)[C@H]1O5. The van der Waals surface area contributed by atoms with Crippen LogP contribution in [0.2, 0.25) is 0 Å². The van der Waals surface area contributed by atoms with Crippen LogP contribution in [0.4, 0.5) is 0 Å². The zero-order valence-electron chi connectivity index (χ0n) is 24.9. The topological polar surface area (TPSA) is 166 Å². The van der Waals surface area contributed by atoms with Crippen LogP contribution < -0.4 is 4.74 Å². The van der Waals surface area contributed by atoms with E-state index in [-0.39, 0.29) is 23.8 Å². The summed E-state index contributed by atoms with van der Waals surface area (Å²) >= 11 is 0. The van der Waals surface area contributed by atoms with E-state index in [2.05, 4.69) is 4.90 Å². The number of nitrogens with zero attached hydrogens (tertiary/aromatic N) is 1. The molecule has 4 aliphatic rings. The Morgan fingerprint density at radius 3 is 2.49 bits per heavy atom. The van der Waals surface area contributed by atoms with E-state index in [0.717, 1.165) is 18.1 Å². The first kappa shape index (κ1) is 30.5. The second-order valence-electron chi connectivity index (χ2n) is 12.1. The van der Waals surface area contributed by atoms with E-state index in [1.54, 1.807) is 30.3 Å². The number of benzene rings is 2. The Kier molecular flexibility index (Phi) is 7.52. The van der Waals surface area contributed by atoms with E-state index in [9.17, 15) is 34.2 Å². The van der Waals surface area contributed by atoms with Gasteiger partial charge in [-0.15, -0.1) is 0 Å². The monoisotopic (exact) mass is 619 g/mol. The van der Waals surface area contributed by atoms with E-state index in [1.807, 2.05) is 13.1 Å². The maximum atomic E-state index is 13.6. The maximum absolute atomic E-state index is 13.6. The van der Waals surface area contributed by atoms with Gasteiger partial charge in [-0.05, 0) is 51.1 Å². The molecule has 12 heteroatoms. The van der Waals surface area contributed by atoms with Crippen molar-refractivity contribution in [2.24, 2.45) is 5.92 Å². The first-order valence-corrected chi connectivity index (χ1v) is 14.7. The van der Waals surface area contributed by atoms with Crippen molar-refractivity contribution in [3.8, 4) is 5.75 Å². The van der Waals surface area contributed by atoms with E-state index < -0.39 is 59.1 Å². The van der Waals surface area contributed by atoms with Crippen molar-refractivity contribution in [1.82, 2.24) is 4.90 Å². The van der Waals surface area contributed by atoms with E-state index in [1.165, 1.54) is 19.1 Å². The minimum atomic E-state index is -1.82. The fraction of sp³-hybridized carbons (Fsp3) is 0.424. The van der Waals surface area contributed by atoms with Gasteiger partial charge in [0.15, 0.2) is 12.4 Å². The fourth-order valence-electron chi connectivity index (χ4n) is 7.50. The number of hydrogen-bond acceptors (Lipinski definition) is 11. The number of aliphatic hydroxyl groups is 1. The minimum Gasteiger partial charge on any atom is -0.480 e. The zero-order chi connectivity index (χ0) is 32.3. The van der Waals surface area contributed by atoms with E-state index >= 15 is 0 Å². The molecule has 0 saturated carbocycles. The summed E-state index contributed by atoms with van der Waals surface area (Å²) in [5.74, 6) is -5.53. The lowest BCUT2D eigenvalue weighted by molar-refractivity contribution is -0.184. The predicted molar refractivity (Wildman–Crippen MR) is 154 cm³/mol. The third kappa shape index (κ3) is 4.62. The van der Waals surface area contributed by atoms with Crippen LogP contribution >= 0.6 is 0 Å². The number of hydrogen-bond donors (Lipinski definition) is 2. The molecule has 7 atom stereocenters. The highest BCUT2D eigenvalue weighted by atomic mass is 16.6. The summed E-state index contributed by atoms with van der Waals surface area (Å²) in [6.45, 7) is 2.97. The Bertz CT molecular complexity index is 1620. The van der Waals surface area contributed by atoms with Gasteiger partial charge < -0.3 is 34.1 Å². The molecule has 1 spiro atoms. The Morgan fingerprint density at radius 1 is 1.09 bits per heavy atom. The third-order valence-electron chi connectivity index (χ3n) is 9.66. The number of ether oxygens (including phenoxy) is 4. The summed E-state index contributed by atoms with van der Waals surface area (Å²) < 4.78 is 22.7. The maximum Gasteiger partial charge on any atom is 0.349 e. The number of piperidine rings is 1. The standard InChI is InChI=1S/C33H33NO11/c1-17(25(42-18(2)36)31(40)45-27(29(37)38)19-7-5-4-6-8-19)30(39)43-22-11-12-33(41)23-15-20-9-10-21(16-35)26-24(20)32(33,28(22)44-26)13-14-34(23)3/h4-11,16-17,23,25,27-28,41H,12-15H2,1-3H3,(H,37,38)/t17-,23-,25-,27+,28+,32+,33-/m1/s1. The molecule has 2 aromatic rings. The quantitative estimate of drug-likeness (QED) is 0.239. The molecule has 0 unspecified atom stereocenters. The molecule has 2 aliphatic heterocycles. The van der Waals surface area contributed by atoms with Gasteiger partial charge in [0.05, 0.1) is 16.6 Å². The van der Waals surface area contributed by atoms with E-state index in [4.69, 9.17) is 18.9 Å². The van der Waals surface area contributed by atoms with Crippen molar-refractivity contribution in [2.45, 2.75) is 68.5 Å². The molecule has 2 aliphatic carbocycles. The number of carbonyl (C=O) groups is 5. The van der Waals surface area contributed by atoms with Crippen LogP contribution in [0.25, 0.3) is 0 Å². The van der Waals surface area contributed by atoms with Crippen molar-refractivity contribution >= 4 is 30.2 Å². The molecular weight excluding hydrogens is 586 g/mol. The lowest BCUT2D eigenvalue weighted by Crippen LogP contribution is -2.74. The van der Waals surface area contributed by atoms with Crippen molar-refractivity contribution in [2.75, 3.05) is 13.6 Å². The van der Waals surface area contributed by atoms with Gasteiger partial charge >= 0.3 is 23.9 Å². The van der Waals surface area contributed by atoms with Gasteiger partial charge in [0.25, 0.3) is 0 Å². The van der Waals surface area contributed by atoms with Crippen molar-refractivity contribution in [3.63, 3.8) is 0 Å². The first-order chi connectivity index (χ1) is 21.4. The smallest absolute Gasteiger partial charge is 0.349 e. The number of carbonyl (C=O) groups excluding carboxylic acids is 4. The van der Waals surface area contributed by atoms with E-state index in [0.29, 0.717) is 37.0 Å². The van der Waals surface area contributed by atoms with Gasteiger partial charge in [-0.1, -0.05) is 36.4 Å². The average Bonchev–Trinajstić information content (AvgIpc) is 3.37. The molecule has 0 aromatic heterocycles. The van der Waals surface area contributed by atoms with Crippen molar-refractivity contribution < 1.29 is 53.1 Å². The third-order valence-corrected chi connectivity index (χ3v) is 9.66. The molecule has 0 amide bonds. The van der Waals surface area contributed by atoms with Gasteiger partial charge in [-0.2, -0.15) is 0 Å². The molecule has 12 nitrogen and oxygen atoms in total. The number of carboxylic acid groups (broad SMARTS) is 1. The predicted octanol–water partition coefficient (Wildman–Crippen LogP) is 2.26. The lowest BCUT2D eigenvalue weighted by atomic mass is 9.50. The van der Waals surface area contributed by atoms with Gasteiger partial charge in [-0.3, -0.25) is 14.4 Å². The Morgan fingerprint density at radius 2 is 1.82 bits per heavy atom. The first-order valence-electron chi connectivity index (χ1n) is 14.7. The zero-order valence-corrected chi connectivity index (χ0v) is 24.9. The van der Waals surface area contributed by atoms with Gasteiger partial charge in [0, 0.05) is 30.5 Å². The summed E-state index contributed by atoms with van der Waals surface area (Å²) in [4.78, 5) is 64.9. The molecular formula is C33H33NO11. The molecule has 2 bridgehead atoms. The largest absolute Gasteiger partial charge is 0.480 e. The van der Waals surface area contributed by atoms with Crippen molar-refractivity contribution in [1.29, 1.82) is 0 Å². The number of aldehydes is 1. The summed E-state index contributed by atoms with van der Waals surface area (Å²) in [5, 5.41) is 22.0. The summed E-state index contributed by atoms with van der Waals surface area (Å²) in [5.41, 5.74) is -0.0898. The Hall–Kier alpha value is -4.55. The molecule has 1 saturated heterocycles. The van der Waals surface area contributed by atoms with Crippen LogP contribution in [0.3, 0.4) is 0 Å². The second kappa shape index (κ2) is 11.1. The van der Waals surface area contributed by atoms with Crippen LogP contribution in [0.15, 0.2) is 54.3 Å². The van der Waals surface area contributed by atoms with Crippen LogP contribution in [-0.2, 0) is 45.2 Å². The summed E-state index contributed by atoms with van der Waals surface area (Å²) in [7, 11) is 1.95. The Labute approximate surface area is 258 Å². The number of likely N-dealkylation sites (N-methyl/N-ethyl adjacent to an activating group) is 1. The second-order valence-corrected chi connectivity index (χ2v) is 12.1. The molecule has 2 heterocycles. The molecule has 1 fully saturated rings. The number of esters is 3. The van der Waals surface area contributed by atoms with Gasteiger partial charge in [0.2, 0.25) is 12.2 Å². The molecule has 0 radical (unpaired) electrons. The van der Waals surface area contributed by atoms with Crippen LogP contribution in [-0.4, -0.2) is 82.7 Å². The summed E-state index contributed by atoms with van der Waals surface area (Å²) in [6.07, 6.45) is -1.05. The van der Waals surface area contributed by atoms with Crippen LogP contribution in [0, 0.1) is 5.92 Å². The number of aliphatic carboxylic acids is 1. The molecule has 45 heavy (non-hydrogen) atoms. The van der Waals surface area contributed by atoms with Crippen LogP contribution in [0.5, 0.6) is 5.75 Å². The average molecular weight is 620 g/mol. The number of rotatable bonds is 9. The minimum absolute atomic E-state index is 0.100. The highest BCUT2D eigenvalue weighted by Gasteiger charge is 2.72. The number of likely N-dealkylation sites (tertiary alicyclic amines) is 1. The fourth-order valence-corrected chi connectivity index (χ4v) is 7.50. The number of carboxylic acids is 1. The molecule has 236 valence electrons. The normalized spacial score (nSPS) is 27.9. The molecule has 2 aromatic carbocycles. The van der Waals surface area contributed by atoms with Gasteiger partial charge in [-0.25, -0.2) is 9.59 Å². The Balaban J connectivity index is 1.29. The highest BCUT2D eigenvalue weighted by Crippen LogP contribution is 2.64. The molecule has 6 rings (SSSR count).